The molecule has 47 heavy (non-hydrogen) atoms. The molecule has 9 aromatic rings. The first-order chi connectivity index (χ1) is 23.3. The molecule has 0 unspecified atom stereocenters. The molecule has 4 heteroatoms. The number of nitrogens with zero attached hydrogens (tertiary/aromatic N) is 4. The summed E-state index contributed by atoms with van der Waals surface area (Å²) in [6.45, 7) is 0. The number of hydrogen-bond acceptors (Lipinski definition) is 3. The van der Waals surface area contributed by atoms with Crippen molar-refractivity contribution in [1.82, 2.24) is 19.5 Å². The molecule has 0 saturated heterocycles. The van der Waals surface area contributed by atoms with Gasteiger partial charge in [-0.25, -0.2) is 4.98 Å². The van der Waals surface area contributed by atoms with Crippen molar-refractivity contribution in [3.8, 4) is 62.1 Å². The van der Waals surface area contributed by atoms with E-state index in [2.05, 4.69) is 138 Å². The van der Waals surface area contributed by atoms with E-state index >= 15 is 0 Å². The maximum absolute atomic E-state index is 5.22. The molecule has 2 aromatic heterocycles. The van der Waals surface area contributed by atoms with Crippen LogP contribution in [0.5, 0.6) is 0 Å². The Hall–Kier alpha value is -6.39. The van der Waals surface area contributed by atoms with E-state index in [0.717, 1.165) is 33.3 Å². The van der Waals surface area contributed by atoms with E-state index in [9.17, 15) is 0 Å². The molecule has 2 heterocycles. The quantitative estimate of drug-likeness (QED) is 0.202. The van der Waals surface area contributed by atoms with Crippen molar-refractivity contribution in [2.45, 2.75) is 0 Å². The molecule has 4 nitrogen and oxygen atoms in total. The molecular formula is C43H26N4. The lowest BCUT2D eigenvalue weighted by atomic mass is 9.98. The van der Waals surface area contributed by atoms with Gasteiger partial charge in [0.1, 0.15) is 0 Å². The summed E-state index contributed by atoms with van der Waals surface area (Å²) in [5.74, 6) is 1.87. The molecule has 0 N–H and O–H groups in total. The van der Waals surface area contributed by atoms with Gasteiger partial charge < -0.3 is 0 Å². The lowest BCUT2D eigenvalue weighted by Crippen LogP contribution is -2.06. The van der Waals surface area contributed by atoms with Gasteiger partial charge in [0.2, 0.25) is 5.95 Å². The van der Waals surface area contributed by atoms with Crippen LogP contribution in [0.25, 0.3) is 94.7 Å². The van der Waals surface area contributed by atoms with Crippen LogP contribution in [-0.2, 0) is 0 Å². The number of benzene rings is 7. The maximum Gasteiger partial charge on any atom is 0.238 e. The molecule has 7 aromatic carbocycles. The largest absolute Gasteiger partial charge is 0.278 e. The normalized spacial score (nSPS) is 11.8. The van der Waals surface area contributed by atoms with Gasteiger partial charge in [0.25, 0.3) is 0 Å². The number of aromatic nitrogens is 4. The molecule has 10 rings (SSSR count). The van der Waals surface area contributed by atoms with Crippen LogP contribution in [0.15, 0.2) is 158 Å². The summed E-state index contributed by atoms with van der Waals surface area (Å²) in [5, 5.41) is 4.98. The zero-order valence-corrected chi connectivity index (χ0v) is 25.3. The highest BCUT2D eigenvalue weighted by Crippen LogP contribution is 2.52. The second kappa shape index (κ2) is 10.1. The first-order valence-corrected chi connectivity index (χ1v) is 15.9. The van der Waals surface area contributed by atoms with Gasteiger partial charge in [-0.3, -0.25) is 4.57 Å². The van der Waals surface area contributed by atoms with Crippen LogP contribution in [0.4, 0.5) is 0 Å². The molecule has 0 radical (unpaired) electrons. The second-order valence-corrected chi connectivity index (χ2v) is 12.0. The van der Waals surface area contributed by atoms with Crippen molar-refractivity contribution in [2.24, 2.45) is 0 Å². The summed E-state index contributed by atoms with van der Waals surface area (Å²) in [7, 11) is 0. The molecule has 0 amide bonds. The van der Waals surface area contributed by atoms with Crippen LogP contribution >= 0.6 is 0 Å². The Kier molecular flexibility index (Phi) is 5.54. The Morgan fingerprint density at radius 2 is 1.02 bits per heavy atom. The summed E-state index contributed by atoms with van der Waals surface area (Å²) < 4.78 is 2.22. The van der Waals surface area contributed by atoms with Crippen molar-refractivity contribution in [1.29, 1.82) is 0 Å². The SMILES string of the molecule is c1ccc(-c2cccc(-c3nc(-c4ccccc4)nc(-n4c5ccccc5c5c6c(ccc54)-c4cccc5cccc-6c45)n3)c2)cc1. The van der Waals surface area contributed by atoms with Gasteiger partial charge in [-0.1, -0.05) is 140 Å². The molecule has 0 fully saturated rings. The Balaban J connectivity index is 1.26. The third-order valence-corrected chi connectivity index (χ3v) is 9.39. The number of rotatable bonds is 4. The first kappa shape index (κ1) is 25.9. The van der Waals surface area contributed by atoms with Crippen molar-refractivity contribution >= 4 is 32.6 Å². The molecule has 1 aliphatic rings. The second-order valence-electron chi connectivity index (χ2n) is 12.0. The van der Waals surface area contributed by atoms with Crippen LogP contribution in [0, 0.1) is 0 Å². The molecule has 0 bridgehead atoms. The van der Waals surface area contributed by atoms with E-state index in [4.69, 9.17) is 15.0 Å². The zero-order valence-electron chi connectivity index (χ0n) is 25.3. The Bertz CT molecular complexity index is 2670. The van der Waals surface area contributed by atoms with Gasteiger partial charge in [-0.05, 0) is 56.8 Å². The van der Waals surface area contributed by atoms with Crippen LogP contribution in [0.1, 0.15) is 0 Å². The molecule has 0 aliphatic heterocycles. The van der Waals surface area contributed by atoms with Crippen LogP contribution in [-0.4, -0.2) is 19.5 Å². The minimum atomic E-state index is 0.596. The van der Waals surface area contributed by atoms with Gasteiger partial charge in [0, 0.05) is 27.5 Å². The molecule has 0 spiro atoms. The topological polar surface area (TPSA) is 43.6 Å². The Labute approximate surface area is 271 Å². The highest BCUT2D eigenvalue weighted by Gasteiger charge is 2.27. The van der Waals surface area contributed by atoms with Gasteiger partial charge in [0.05, 0.1) is 11.0 Å². The fourth-order valence-electron chi connectivity index (χ4n) is 7.33. The average molecular weight is 599 g/mol. The maximum atomic E-state index is 5.22. The lowest BCUT2D eigenvalue weighted by Gasteiger charge is -2.12. The highest BCUT2D eigenvalue weighted by atomic mass is 15.2. The van der Waals surface area contributed by atoms with E-state index in [1.165, 1.54) is 43.8 Å². The van der Waals surface area contributed by atoms with E-state index < -0.39 is 0 Å². The Morgan fingerprint density at radius 3 is 1.83 bits per heavy atom. The van der Waals surface area contributed by atoms with E-state index in [0.29, 0.717) is 17.6 Å². The summed E-state index contributed by atoms with van der Waals surface area (Å²) in [4.78, 5) is 15.4. The van der Waals surface area contributed by atoms with Crippen LogP contribution in [0.2, 0.25) is 0 Å². The molecule has 0 saturated carbocycles. The van der Waals surface area contributed by atoms with Crippen LogP contribution < -0.4 is 0 Å². The summed E-state index contributed by atoms with van der Waals surface area (Å²) in [6.07, 6.45) is 0. The molecule has 218 valence electrons. The highest BCUT2D eigenvalue weighted by molar-refractivity contribution is 6.26. The molecule has 0 atom stereocenters. The predicted molar refractivity (Wildman–Crippen MR) is 192 cm³/mol. The van der Waals surface area contributed by atoms with E-state index in [1.807, 2.05) is 24.3 Å². The van der Waals surface area contributed by atoms with Crippen molar-refractivity contribution in [2.75, 3.05) is 0 Å². The van der Waals surface area contributed by atoms with Gasteiger partial charge in [-0.15, -0.1) is 0 Å². The van der Waals surface area contributed by atoms with Crippen molar-refractivity contribution in [3.63, 3.8) is 0 Å². The predicted octanol–water partition coefficient (Wildman–Crippen LogP) is 10.8. The lowest BCUT2D eigenvalue weighted by molar-refractivity contribution is 0.953. The molecule has 1 aliphatic carbocycles. The first-order valence-electron chi connectivity index (χ1n) is 15.9. The third kappa shape index (κ3) is 3.92. The molecular weight excluding hydrogens is 573 g/mol. The minimum absolute atomic E-state index is 0.596. The Morgan fingerprint density at radius 1 is 0.383 bits per heavy atom. The van der Waals surface area contributed by atoms with E-state index in [-0.39, 0.29) is 0 Å². The smallest absolute Gasteiger partial charge is 0.238 e. The van der Waals surface area contributed by atoms with Gasteiger partial charge in [-0.2, -0.15) is 9.97 Å². The fourth-order valence-corrected chi connectivity index (χ4v) is 7.33. The van der Waals surface area contributed by atoms with E-state index in [1.54, 1.807) is 0 Å². The fraction of sp³-hybridized carbons (Fsp3) is 0. The summed E-state index contributed by atoms with van der Waals surface area (Å²) in [6, 6.07) is 55.4. The van der Waals surface area contributed by atoms with Gasteiger partial charge >= 0.3 is 0 Å². The minimum Gasteiger partial charge on any atom is -0.278 e. The number of para-hydroxylation sites is 1. The standard InChI is InChI=1S/C43H26N4/c1-3-12-27(13-4-1)30-18-9-19-31(26-30)42-44-41(29-14-5-2-6-15-29)45-43(46-42)47-36-23-8-7-20-34(36)40-37(47)25-24-33-32-21-10-16-28-17-11-22-35(38(28)32)39(33)40/h1-26H. The third-order valence-electron chi connectivity index (χ3n) is 9.39. The monoisotopic (exact) mass is 598 g/mol. The van der Waals surface area contributed by atoms with Gasteiger partial charge in [0.15, 0.2) is 11.6 Å². The average Bonchev–Trinajstić information content (AvgIpc) is 3.66. The number of hydrogen-bond donors (Lipinski definition) is 0. The summed E-state index contributed by atoms with van der Waals surface area (Å²) >= 11 is 0. The summed E-state index contributed by atoms with van der Waals surface area (Å²) in [5.41, 5.74) is 11.4. The van der Waals surface area contributed by atoms with Crippen LogP contribution in [0.3, 0.4) is 0 Å². The van der Waals surface area contributed by atoms with Crippen molar-refractivity contribution in [3.05, 3.63) is 158 Å². The van der Waals surface area contributed by atoms with Crippen molar-refractivity contribution < 1.29 is 0 Å². The zero-order chi connectivity index (χ0) is 30.9. The number of fused-ring (bicyclic) bond motifs is 7.